The zero-order valence-electron chi connectivity index (χ0n) is 16.4. The number of allylic oxidation sites excluding steroid dienone is 1. The number of carboxylic acids is 1. The fourth-order valence-electron chi connectivity index (χ4n) is 2.87. The van der Waals surface area contributed by atoms with Crippen LogP contribution in [0.2, 0.25) is 5.02 Å². The summed E-state index contributed by atoms with van der Waals surface area (Å²) in [5, 5.41) is 18.7. The molecule has 0 unspecified atom stereocenters. The number of nitriles is 1. The largest absolute Gasteiger partial charge is 0.493 e. The number of nitrogens with zero attached hydrogens (tertiary/aromatic N) is 1. The number of carboxylic acid groups (broad SMARTS) is 1. The van der Waals surface area contributed by atoms with E-state index in [0.717, 1.165) is 5.56 Å². The normalized spacial score (nSPS) is 11.0. The van der Waals surface area contributed by atoms with Gasteiger partial charge in [-0.15, -0.1) is 0 Å². The lowest BCUT2D eigenvalue weighted by molar-refractivity contribution is 0.0697. The Morgan fingerprint density at radius 2 is 1.90 bits per heavy atom. The van der Waals surface area contributed by atoms with Gasteiger partial charge in [0.05, 0.1) is 29.3 Å². The van der Waals surface area contributed by atoms with Crippen LogP contribution in [0.3, 0.4) is 0 Å². The number of rotatable bonds is 7. The summed E-state index contributed by atoms with van der Waals surface area (Å²) in [5.41, 5.74) is 2.24. The van der Waals surface area contributed by atoms with E-state index in [9.17, 15) is 14.4 Å². The molecule has 7 heteroatoms. The summed E-state index contributed by atoms with van der Waals surface area (Å²) < 4.78 is 24.7. The molecule has 3 aromatic rings. The van der Waals surface area contributed by atoms with Crippen LogP contribution in [-0.4, -0.2) is 18.2 Å². The second-order valence-corrected chi connectivity index (χ2v) is 6.91. The lowest BCUT2D eigenvalue weighted by Gasteiger charge is -2.14. The van der Waals surface area contributed by atoms with Gasteiger partial charge in [0.15, 0.2) is 11.5 Å². The Morgan fingerprint density at radius 1 is 1.16 bits per heavy atom. The van der Waals surface area contributed by atoms with Gasteiger partial charge < -0.3 is 14.6 Å². The van der Waals surface area contributed by atoms with Crippen molar-refractivity contribution in [3.05, 3.63) is 93.8 Å². The number of methoxy groups -OCH3 is 1. The van der Waals surface area contributed by atoms with Gasteiger partial charge in [-0.3, -0.25) is 0 Å². The molecule has 0 radical (unpaired) electrons. The molecule has 0 aromatic heterocycles. The number of hydrogen-bond donors (Lipinski definition) is 1. The van der Waals surface area contributed by atoms with Crippen LogP contribution in [0, 0.1) is 17.1 Å². The summed E-state index contributed by atoms with van der Waals surface area (Å²) in [5.74, 6) is -0.768. The van der Waals surface area contributed by atoms with Crippen molar-refractivity contribution in [2.24, 2.45) is 0 Å². The SMILES string of the molecule is COc1cc(/C=C(/C#N)c2cccc(F)c2)cc(Cl)c1OCc1ccc(C(=O)O)cc1. The molecule has 0 aliphatic rings. The third-order valence-electron chi connectivity index (χ3n) is 4.40. The molecule has 0 bridgehead atoms. The molecule has 0 amide bonds. The number of benzene rings is 3. The number of carbonyl (C=O) groups is 1. The Morgan fingerprint density at radius 3 is 2.52 bits per heavy atom. The lowest BCUT2D eigenvalue weighted by Crippen LogP contribution is -2.00. The van der Waals surface area contributed by atoms with Crippen molar-refractivity contribution < 1.29 is 23.8 Å². The molecule has 156 valence electrons. The van der Waals surface area contributed by atoms with Crippen LogP contribution in [0.1, 0.15) is 27.0 Å². The van der Waals surface area contributed by atoms with Gasteiger partial charge in [0, 0.05) is 0 Å². The van der Waals surface area contributed by atoms with E-state index in [1.54, 1.807) is 36.4 Å². The van der Waals surface area contributed by atoms with Crippen LogP contribution >= 0.6 is 11.6 Å². The smallest absolute Gasteiger partial charge is 0.335 e. The van der Waals surface area contributed by atoms with Crippen molar-refractivity contribution in [2.45, 2.75) is 6.61 Å². The molecule has 0 heterocycles. The molecule has 0 saturated heterocycles. The van der Waals surface area contributed by atoms with Gasteiger partial charge in [-0.05, 0) is 59.2 Å². The van der Waals surface area contributed by atoms with Gasteiger partial charge in [0.2, 0.25) is 0 Å². The van der Waals surface area contributed by atoms with Crippen LogP contribution in [0.15, 0.2) is 60.7 Å². The molecule has 3 aromatic carbocycles. The summed E-state index contributed by atoms with van der Waals surface area (Å²) in [6.07, 6.45) is 1.58. The van der Waals surface area contributed by atoms with E-state index in [1.807, 2.05) is 0 Å². The zero-order valence-corrected chi connectivity index (χ0v) is 17.2. The highest BCUT2D eigenvalue weighted by molar-refractivity contribution is 6.32. The van der Waals surface area contributed by atoms with Crippen LogP contribution in [-0.2, 0) is 6.61 Å². The number of hydrogen-bond acceptors (Lipinski definition) is 4. The van der Waals surface area contributed by atoms with Gasteiger partial charge in [-0.1, -0.05) is 35.9 Å². The molecular formula is C24H17ClFNO4. The van der Waals surface area contributed by atoms with E-state index in [0.29, 0.717) is 22.6 Å². The molecular weight excluding hydrogens is 421 g/mol. The quantitative estimate of drug-likeness (QED) is 0.371. The second-order valence-electron chi connectivity index (χ2n) is 6.51. The summed E-state index contributed by atoms with van der Waals surface area (Å²) in [7, 11) is 1.46. The maximum absolute atomic E-state index is 13.5. The minimum atomic E-state index is -1.00. The Hall–Kier alpha value is -3.82. The molecule has 0 atom stereocenters. The molecule has 31 heavy (non-hydrogen) atoms. The number of aromatic carboxylic acids is 1. The van der Waals surface area contributed by atoms with Crippen LogP contribution in [0.25, 0.3) is 11.6 Å². The molecule has 0 saturated carbocycles. The first-order chi connectivity index (χ1) is 14.9. The zero-order chi connectivity index (χ0) is 22.4. The van der Waals surface area contributed by atoms with E-state index >= 15 is 0 Å². The van der Waals surface area contributed by atoms with Gasteiger partial charge >= 0.3 is 5.97 Å². The van der Waals surface area contributed by atoms with E-state index in [1.165, 1.54) is 37.4 Å². The Balaban J connectivity index is 1.86. The Bertz CT molecular complexity index is 1180. The number of halogens is 2. The first-order valence-corrected chi connectivity index (χ1v) is 9.49. The van der Waals surface area contributed by atoms with E-state index in [-0.39, 0.29) is 22.8 Å². The Kier molecular flexibility index (Phi) is 6.91. The average Bonchev–Trinajstić information content (AvgIpc) is 2.76. The first-order valence-electron chi connectivity index (χ1n) is 9.11. The van der Waals surface area contributed by atoms with Crippen LogP contribution in [0.4, 0.5) is 4.39 Å². The lowest BCUT2D eigenvalue weighted by atomic mass is 10.0. The van der Waals surface area contributed by atoms with Gasteiger partial charge in [0.25, 0.3) is 0 Å². The van der Waals surface area contributed by atoms with Gasteiger partial charge in [0.1, 0.15) is 12.4 Å². The molecule has 5 nitrogen and oxygen atoms in total. The summed E-state index contributed by atoms with van der Waals surface area (Å²) >= 11 is 6.39. The number of ether oxygens (including phenoxy) is 2. The third kappa shape index (κ3) is 5.41. The topological polar surface area (TPSA) is 79.5 Å². The minimum absolute atomic E-state index is 0.151. The predicted octanol–water partition coefficient (Wildman–Crippen LogP) is 5.83. The molecule has 1 N–H and O–H groups in total. The van der Waals surface area contributed by atoms with E-state index in [2.05, 4.69) is 6.07 Å². The molecule has 0 aliphatic carbocycles. The van der Waals surface area contributed by atoms with E-state index in [4.69, 9.17) is 26.2 Å². The van der Waals surface area contributed by atoms with Crippen molar-refractivity contribution in [3.8, 4) is 17.6 Å². The third-order valence-corrected chi connectivity index (χ3v) is 4.68. The van der Waals surface area contributed by atoms with Crippen molar-refractivity contribution in [1.82, 2.24) is 0 Å². The van der Waals surface area contributed by atoms with Gasteiger partial charge in [-0.2, -0.15) is 5.26 Å². The van der Waals surface area contributed by atoms with Crippen molar-refractivity contribution in [2.75, 3.05) is 7.11 Å². The maximum Gasteiger partial charge on any atom is 0.335 e. The molecule has 3 rings (SSSR count). The average molecular weight is 438 g/mol. The highest BCUT2D eigenvalue weighted by Gasteiger charge is 2.13. The highest BCUT2D eigenvalue weighted by Crippen LogP contribution is 2.38. The predicted molar refractivity (Wildman–Crippen MR) is 116 cm³/mol. The van der Waals surface area contributed by atoms with Crippen molar-refractivity contribution in [3.63, 3.8) is 0 Å². The fourth-order valence-corrected chi connectivity index (χ4v) is 3.14. The van der Waals surface area contributed by atoms with Crippen molar-refractivity contribution in [1.29, 1.82) is 5.26 Å². The molecule has 0 spiro atoms. The molecule has 0 fully saturated rings. The molecule has 0 aliphatic heterocycles. The highest BCUT2D eigenvalue weighted by atomic mass is 35.5. The minimum Gasteiger partial charge on any atom is -0.493 e. The monoisotopic (exact) mass is 437 g/mol. The van der Waals surface area contributed by atoms with Crippen LogP contribution in [0.5, 0.6) is 11.5 Å². The van der Waals surface area contributed by atoms with Crippen LogP contribution < -0.4 is 9.47 Å². The van der Waals surface area contributed by atoms with E-state index < -0.39 is 11.8 Å². The second kappa shape index (κ2) is 9.79. The first kappa shape index (κ1) is 21.9. The maximum atomic E-state index is 13.5. The van der Waals surface area contributed by atoms with Crippen molar-refractivity contribution >= 4 is 29.2 Å². The summed E-state index contributed by atoms with van der Waals surface area (Å²) in [6, 6.07) is 17.4. The summed E-state index contributed by atoms with van der Waals surface area (Å²) in [6.45, 7) is 0.151. The van der Waals surface area contributed by atoms with Gasteiger partial charge in [-0.25, -0.2) is 9.18 Å². The fraction of sp³-hybridized carbons (Fsp3) is 0.0833. The Labute approximate surface area is 183 Å². The summed E-state index contributed by atoms with van der Waals surface area (Å²) in [4.78, 5) is 10.9. The standard InChI is InChI=1S/C24H17ClFNO4/c1-30-22-11-16(9-19(13-27)18-3-2-4-20(26)12-18)10-21(25)23(22)31-14-15-5-7-17(8-6-15)24(28)29/h2-12H,14H2,1H3,(H,28,29)/b19-9-.